The van der Waals surface area contributed by atoms with Gasteiger partial charge in [-0.1, -0.05) is 23.2 Å². The van der Waals surface area contributed by atoms with E-state index in [4.69, 9.17) is 32.7 Å². The van der Waals surface area contributed by atoms with Gasteiger partial charge in [-0.3, -0.25) is 0 Å². The number of ether oxygens (including phenoxy) is 2. The van der Waals surface area contributed by atoms with E-state index in [-0.39, 0.29) is 13.2 Å². The van der Waals surface area contributed by atoms with Gasteiger partial charge in [0.2, 0.25) is 0 Å². The Bertz CT molecular complexity index is 745. The molecular formula is C14H4Br8Cl2O2. The molecule has 26 heavy (non-hydrogen) atoms. The molecule has 0 saturated heterocycles. The molecule has 0 radical (unpaired) electrons. The van der Waals surface area contributed by atoms with Gasteiger partial charge in [-0.2, -0.15) is 0 Å². The van der Waals surface area contributed by atoms with Crippen LogP contribution >= 0.6 is 151 Å². The Hall–Kier alpha value is 2.46. The first-order valence-electron chi connectivity index (χ1n) is 6.38. The molecule has 0 amide bonds. The lowest BCUT2D eigenvalue weighted by atomic mass is 10.3. The minimum atomic E-state index is 0.257. The average Bonchev–Trinajstić information content (AvgIpc) is 2.63. The summed E-state index contributed by atoms with van der Waals surface area (Å²) < 4.78 is 17.5. The van der Waals surface area contributed by atoms with Gasteiger partial charge >= 0.3 is 0 Å². The van der Waals surface area contributed by atoms with Gasteiger partial charge < -0.3 is 9.47 Å². The second-order valence-corrected chi connectivity index (χ2v) is 11.6. The highest BCUT2D eigenvalue weighted by atomic mass is 79.9. The highest BCUT2D eigenvalue weighted by Crippen LogP contribution is 2.49. The normalized spacial score (nSPS) is 11.0. The Morgan fingerprint density at radius 3 is 1.04 bits per heavy atom. The molecular weight excluding hydrogens is 910 g/mol. The largest absolute Gasteiger partial charge is 0.487 e. The van der Waals surface area contributed by atoms with E-state index in [2.05, 4.69) is 127 Å². The van der Waals surface area contributed by atoms with Crippen LogP contribution in [0.2, 0.25) is 10.0 Å². The molecule has 12 heteroatoms. The third-order valence-electron chi connectivity index (χ3n) is 2.92. The van der Waals surface area contributed by atoms with Crippen molar-refractivity contribution < 1.29 is 9.47 Å². The minimum Gasteiger partial charge on any atom is -0.487 e. The molecule has 0 aliphatic heterocycles. The molecule has 0 aromatic heterocycles. The first kappa shape index (κ1) is 24.7. The van der Waals surface area contributed by atoms with Crippen LogP contribution in [0.3, 0.4) is 0 Å². The van der Waals surface area contributed by atoms with E-state index in [1.54, 1.807) is 0 Å². The Kier molecular flexibility index (Phi) is 10.1. The zero-order valence-corrected chi connectivity index (χ0v) is 26.2. The van der Waals surface area contributed by atoms with Crippen LogP contribution in [0.1, 0.15) is 0 Å². The fraction of sp³-hybridized carbons (Fsp3) is 0.143. The SMILES string of the molecule is Clc1c(Br)c(Br)c(Br)c(Br)c1OCCOc1c(Cl)c(Br)c(Br)c(Br)c1Br. The van der Waals surface area contributed by atoms with Gasteiger partial charge in [-0.05, 0) is 127 Å². The summed E-state index contributed by atoms with van der Waals surface area (Å²) in [5, 5.41) is 0.889. The maximum atomic E-state index is 6.34. The quantitative estimate of drug-likeness (QED) is 0.169. The molecule has 0 N–H and O–H groups in total. The zero-order chi connectivity index (χ0) is 19.8. The molecule has 0 unspecified atom stereocenters. The molecule has 2 rings (SSSR count). The molecule has 0 fully saturated rings. The van der Waals surface area contributed by atoms with E-state index >= 15 is 0 Å². The molecule has 2 aromatic carbocycles. The van der Waals surface area contributed by atoms with Crippen LogP contribution in [-0.2, 0) is 0 Å². The molecule has 0 atom stereocenters. The highest BCUT2D eigenvalue weighted by molar-refractivity contribution is 9.15. The fourth-order valence-electron chi connectivity index (χ4n) is 1.71. The summed E-state index contributed by atoms with van der Waals surface area (Å²) in [7, 11) is 0. The van der Waals surface area contributed by atoms with E-state index in [1.165, 1.54) is 0 Å². The number of hydrogen-bond acceptors (Lipinski definition) is 2. The van der Waals surface area contributed by atoms with Crippen molar-refractivity contribution in [1.29, 1.82) is 0 Å². The lowest BCUT2D eigenvalue weighted by Gasteiger charge is -2.16. The molecule has 2 nitrogen and oxygen atoms in total. The Balaban J connectivity index is 2.14. The number of halogens is 10. The van der Waals surface area contributed by atoms with Crippen LogP contribution in [-0.4, -0.2) is 13.2 Å². The third-order valence-corrected chi connectivity index (χ3v) is 13.6. The first-order chi connectivity index (χ1) is 12.1. The van der Waals surface area contributed by atoms with Crippen molar-refractivity contribution in [2.45, 2.75) is 0 Å². The monoisotopic (exact) mass is 905 g/mol. The Morgan fingerprint density at radius 2 is 0.731 bits per heavy atom. The highest BCUT2D eigenvalue weighted by Gasteiger charge is 2.21. The van der Waals surface area contributed by atoms with Crippen molar-refractivity contribution in [3.63, 3.8) is 0 Å². The van der Waals surface area contributed by atoms with Crippen molar-refractivity contribution in [3.8, 4) is 11.5 Å². The summed E-state index contributed by atoms with van der Waals surface area (Å²) in [6, 6.07) is 0. The first-order valence-corrected chi connectivity index (χ1v) is 13.5. The smallest absolute Gasteiger partial charge is 0.154 e. The number of hydrogen-bond donors (Lipinski definition) is 0. The second-order valence-electron chi connectivity index (χ2n) is 4.49. The van der Waals surface area contributed by atoms with Gasteiger partial charge in [-0.25, -0.2) is 0 Å². The van der Waals surface area contributed by atoms with Crippen LogP contribution in [0.5, 0.6) is 11.5 Å². The van der Waals surface area contributed by atoms with Gasteiger partial charge in [0.05, 0.1) is 36.9 Å². The van der Waals surface area contributed by atoms with E-state index in [1.807, 2.05) is 0 Å². The molecule has 0 saturated carbocycles. The summed E-state index contributed by atoms with van der Waals surface area (Å²) in [6.07, 6.45) is 0. The van der Waals surface area contributed by atoms with Crippen LogP contribution in [0.15, 0.2) is 35.8 Å². The van der Waals surface area contributed by atoms with Gasteiger partial charge in [0.15, 0.2) is 11.5 Å². The fourth-order valence-corrected chi connectivity index (χ4v) is 7.05. The van der Waals surface area contributed by atoms with Crippen LogP contribution in [0.4, 0.5) is 0 Å². The minimum absolute atomic E-state index is 0.257. The molecule has 2 aromatic rings. The third kappa shape index (κ3) is 5.19. The molecule has 0 aliphatic carbocycles. The van der Waals surface area contributed by atoms with E-state index in [9.17, 15) is 0 Å². The average molecular weight is 914 g/mol. The summed E-state index contributed by atoms with van der Waals surface area (Å²) in [4.78, 5) is 0. The molecule has 0 bridgehead atoms. The van der Waals surface area contributed by atoms with Crippen molar-refractivity contribution in [2.75, 3.05) is 13.2 Å². The van der Waals surface area contributed by atoms with Gasteiger partial charge in [-0.15, -0.1) is 0 Å². The molecule has 142 valence electrons. The summed E-state index contributed by atoms with van der Waals surface area (Å²) in [5.41, 5.74) is 0. The van der Waals surface area contributed by atoms with E-state index in [0.717, 1.165) is 17.9 Å². The maximum absolute atomic E-state index is 6.34. The molecule has 0 heterocycles. The summed E-state index contributed by atoms with van der Waals surface area (Å²) in [6.45, 7) is 0.514. The van der Waals surface area contributed by atoms with Gasteiger partial charge in [0, 0.05) is 8.95 Å². The van der Waals surface area contributed by atoms with Crippen molar-refractivity contribution in [3.05, 3.63) is 45.8 Å². The van der Waals surface area contributed by atoms with Crippen molar-refractivity contribution in [1.82, 2.24) is 0 Å². The predicted octanol–water partition coefficient (Wildman–Crippen LogP) is 10.6. The second kappa shape index (κ2) is 10.7. The summed E-state index contributed by atoms with van der Waals surface area (Å²) >= 11 is 40.3. The van der Waals surface area contributed by atoms with Crippen molar-refractivity contribution in [2.24, 2.45) is 0 Å². The predicted molar refractivity (Wildman–Crippen MR) is 135 cm³/mol. The van der Waals surface area contributed by atoms with E-state index < -0.39 is 0 Å². The number of benzene rings is 2. The lowest BCUT2D eigenvalue weighted by Crippen LogP contribution is -2.10. The Labute approximate surface area is 227 Å². The number of rotatable bonds is 5. The standard InChI is InChI=1S/C14H4Br8Cl2O2/c15-3-5(17)9(21)13(11(23)7(3)19)25-1-2-26-14-10(22)6(18)4(16)8(20)12(14)24/h1-2H2. The van der Waals surface area contributed by atoms with Gasteiger partial charge in [0.1, 0.15) is 13.2 Å². The zero-order valence-electron chi connectivity index (χ0n) is 12.0. The van der Waals surface area contributed by atoms with Crippen LogP contribution < -0.4 is 9.47 Å². The van der Waals surface area contributed by atoms with Crippen molar-refractivity contribution >= 4 is 151 Å². The Morgan fingerprint density at radius 1 is 0.462 bits per heavy atom. The lowest BCUT2D eigenvalue weighted by molar-refractivity contribution is 0.215. The topological polar surface area (TPSA) is 18.5 Å². The van der Waals surface area contributed by atoms with Crippen LogP contribution in [0, 0.1) is 0 Å². The maximum Gasteiger partial charge on any atom is 0.154 e. The molecule has 0 spiro atoms. The van der Waals surface area contributed by atoms with E-state index in [0.29, 0.717) is 39.4 Å². The summed E-state index contributed by atoms with van der Waals surface area (Å²) in [5.74, 6) is 1.00. The molecule has 0 aliphatic rings. The van der Waals surface area contributed by atoms with Crippen LogP contribution in [0.25, 0.3) is 0 Å². The van der Waals surface area contributed by atoms with Gasteiger partial charge in [0.25, 0.3) is 0 Å².